The average Bonchev–Trinajstić information content (AvgIpc) is 2.33. The number of benzene rings is 1. The normalized spacial score (nSPS) is 11.6. The molecular formula is C15H26IN3O. The van der Waals surface area contributed by atoms with Crippen molar-refractivity contribution in [2.45, 2.75) is 39.8 Å². The van der Waals surface area contributed by atoms with E-state index in [0.29, 0.717) is 0 Å². The molecule has 4 nitrogen and oxygen atoms in total. The molecule has 0 heterocycles. The Morgan fingerprint density at radius 2 is 1.95 bits per heavy atom. The zero-order valence-corrected chi connectivity index (χ0v) is 15.5. The van der Waals surface area contributed by atoms with Gasteiger partial charge < -0.3 is 15.4 Å². The van der Waals surface area contributed by atoms with E-state index in [9.17, 15) is 0 Å². The highest BCUT2D eigenvalue weighted by Crippen LogP contribution is 2.18. The molecule has 1 rings (SSSR count). The van der Waals surface area contributed by atoms with E-state index in [2.05, 4.69) is 48.5 Å². The number of hydrogen-bond acceptors (Lipinski definition) is 2. The second-order valence-corrected chi connectivity index (χ2v) is 5.60. The van der Waals surface area contributed by atoms with Crippen LogP contribution in [0.5, 0.6) is 5.75 Å². The first-order chi connectivity index (χ1) is 8.85. The smallest absolute Gasteiger partial charge is 0.191 e. The van der Waals surface area contributed by atoms with E-state index in [1.165, 1.54) is 5.56 Å². The van der Waals surface area contributed by atoms with Gasteiger partial charge in [0.15, 0.2) is 5.96 Å². The number of aryl methyl sites for hydroxylation is 1. The van der Waals surface area contributed by atoms with Crippen molar-refractivity contribution in [1.82, 2.24) is 10.6 Å². The monoisotopic (exact) mass is 391 g/mol. The van der Waals surface area contributed by atoms with Crippen LogP contribution in [-0.4, -0.2) is 25.7 Å². The standard InChI is InChI=1S/C15H25N3O.HI/c1-11-9-12(7-8-13(11)19-6)10-17-14(16-5)18-15(2,3)4;/h7-9H,10H2,1-6H3,(H2,16,17,18);1H. The molecule has 0 amide bonds. The van der Waals surface area contributed by atoms with E-state index in [4.69, 9.17) is 4.74 Å². The first kappa shape index (κ1) is 19.0. The second-order valence-electron chi connectivity index (χ2n) is 5.60. The van der Waals surface area contributed by atoms with Crippen molar-refractivity contribution in [3.8, 4) is 5.75 Å². The molecular weight excluding hydrogens is 365 g/mol. The molecule has 0 spiro atoms. The summed E-state index contributed by atoms with van der Waals surface area (Å²) in [5.74, 6) is 1.72. The molecule has 0 radical (unpaired) electrons. The quantitative estimate of drug-likeness (QED) is 0.473. The minimum absolute atomic E-state index is 0. The highest BCUT2D eigenvalue weighted by atomic mass is 127. The van der Waals surface area contributed by atoms with Gasteiger partial charge in [0.25, 0.3) is 0 Å². The number of halogens is 1. The van der Waals surface area contributed by atoms with Gasteiger partial charge in [0.1, 0.15) is 5.75 Å². The van der Waals surface area contributed by atoms with Crippen molar-refractivity contribution in [3.63, 3.8) is 0 Å². The third kappa shape index (κ3) is 6.45. The van der Waals surface area contributed by atoms with Gasteiger partial charge in [0, 0.05) is 19.1 Å². The van der Waals surface area contributed by atoms with Crippen LogP contribution in [0.1, 0.15) is 31.9 Å². The molecule has 0 saturated heterocycles. The highest BCUT2D eigenvalue weighted by molar-refractivity contribution is 14.0. The fourth-order valence-corrected chi connectivity index (χ4v) is 1.77. The Hall–Kier alpha value is -0.980. The van der Waals surface area contributed by atoms with Crippen molar-refractivity contribution in [3.05, 3.63) is 29.3 Å². The molecule has 0 atom stereocenters. The average molecular weight is 391 g/mol. The minimum atomic E-state index is -0.00231. The van der Waals surface area contributed by atoms with Gasteiger partial charge in [0.05, 0.1) is 7.11 Å². The van der Waals surface area contributed by atoms with Crippen LogP contribution in [0.2, 0.25) is 0 Å². The molecule has 114 valence electrons. The SMILES string of the molecule is CN=C(NCc1ccc(OC)c(C)c1)NC(C)(C)C.I. The fourth-order valence-electron chi connectivity index (χ4n) is 1.77. The summed E-state index contributed by atoms with van der Waals surface area (Å²) in [6, 6.07) is 6.17. The molecule has 0 saturated carbocycles. The van der Waals surface area contributed by atoms with Gasteiger partial charge in [-0.15, -0.1) is 24.0 Å². The van der Waals surface area contributed by atoms with Gasteiger partial charge >= 0.3 is 0 Å². The van der Waals surface area contributed by atoms with Gasteiger partial charge in [-0.2, -0.15) is 0 Å². The Labute approximate surface area is 139 Å². The van der Waals surface area contributed by atoms with Crippen molar-refractivity contribution in [2.75, 3.05) is 14.2 Å². The third-order valence-corrected chi connectivity index (χ3v) is 2.64. The van der Waals surface area contributed by atoms with Crippen LogP contribution in [0, 0.1) is 6.92 Å². The molecule has 2 N–H and O–H groups in total. The van der Waals surface area contributed by atoms with E-state index in [1.54, 1.807) is 14.2 Å². The Balaban J connectivity index is 0.00000361. The number of guanidine groups is 1. The van der Waals surface area contributed by atoms with E-state index in [1.807, 2.05) is 13.0 Å². The number of ether oxygens (including phenoxy) is 1. The Morgan fingerprint density at radius 1 is 1.30 bits per heavy atom. The fraction of sp³-hybridized carbons (Fsp3) is 0.533. The summed E-state index contributed by atoms with van der Waals surface area (Å²) in [7, 11) is 3.47. The lowest BCUT2D eigenvalue weighted by molar-refractivity contribution is 0.411. The van der Waals surface area contributed by atoms with E-state index >= 15 is 0 Å². The molecule has 0 fully saturated rings. The number of rotatable bonds is 3. The summed E-state index contributed by atoms with van der Waals surface area (Å²) in [6.45, 7) is 9.11. The Morgan fingerprint density at radius 3 is 2.40 bits per heavy atom. The lowest BCUT2D eigenvalue weighted by Crippen LogP contribution is -2.47. The predicted molar refractivity (Wildman–Crippen MR) is 96.2 cm³/mol. The summed E-state index contributed by atoms with van der Waals surface area (Å²) >= 11 is 0. The summed E-state index contributed by atoms with van der Waals surface area (Å²) < 4.78 is 5.26. The lowest BCUT2D eigenvalue weighted by Gasteiger charge is -2.23. The van der Waals surface area contributed by atoms with Gasteiger partial charge in [0.2, 0.25) is 0 Å². The van der Waals surface area contributed by atoms with E-state index in [-0.39, 0.29) is 29.5 Å². The summed E-state index contributed by atoms with van der Waals surface area (Å²) in [4.78, 5) is 4.21. The first-order valence-electron chi connectivity index (χ1n) is 6.48. The van der Waals surface area contributed by atoms with Crippen molar-refractivity contribution < 1.29 is 4.74 Å². The maximum Gasteiger partial charge on any atom is 0.191 e. The Kier molecular flexibility index (Phi) is 7.93. The Bertz CT molecular complexity index is 453. The zero-order chi connectivity index (χ0) is 14.5. The van der Waals surface area contributed by atoms with Crippen LogP contribution in [0.15, 0.2) is 23.2 Å². The molecule has 0 aromatic heterocycles. The zero-order valence-electron chi connectivity index (χ0n) is 13.2. The number of nitrogens with one attached hydrogen (secondary N) is 2. The topological polar surface area (TPSA) is 45.7 Å². The maximum atomic E-state index is 5.26. The minimum Gasteiger partial charge on any atom is -0.496 e. The summed E-state index contributed by atoms with van der Waals surface area (Å²) in [6.07, 6.45) is 0. The molecule has 0 bridgehead atoms. The number of hydrogen-bond donors (Lipinski definition) is 2. The summed E-state index contributed by atoms with van der Waals surface area (Å²) in [5, 5.41) is 6.63. The van der Waals surface area contributed by atoms with Crippen molar-refractivity contribution in [2.24, 2.45) is 4.99 Å². The molecule has 0 aliphatic carbocycles. The van der Waals surface area contributed by atoms with Gasteiger partial charge in [-0.05, 0) is 44.9 Å². The van der Waals surface area contributed by atoms with Crippen molar-refractivity contribution in [1.29, 1.82) is 0 Å². The lowest BCUT2D eigenvalue weighted by atomic mass is 10.1. The van der Waals surface area contributed by atoms with Crippen LogP contribution in [0.3, 0.4) is 0 Å². The highest BCUT2D eigenvalue weighted by Gasteiger charge is 2.11. The van der Waals surface area contributed by atoms with Crippen LogP contribution in [0.25, 0.3) is 0 Å². The predicted octanol–water partition coefficient (Wildman–Crippen LogP) is 3.09. The summed E-state index contributed by atoms with van der Waals surface area (Å²) in [5.41, 5.74) is 2.34. The second kappa shape index (κ2) is 8.34. The van der Waals surface area contributed by atoms with Crippen LogP contribution >= 0.6 is 24.0 Å². The number of methoxy groups -OCH3 is 1. The van der Waals surface area contributed by atoms with Crippen LogP contribution in [0.4, 0.5) is 0 Å². The number of aliphatic imine (C=N–C) groups is 1. The molecule has 20 heavy (non-hydrogen) atoms. The maximum absolute atomic E-state index is 5.26. The van der Waals surface area contributed by atoms with E-state index < -0.39 is 0 Å². The van der Waals surface area contributed by atoms with E-state index in [0.717, 1.165) is 23.8 Å². The van der Waals surface area contributed by atoms with Gasteiger partial charge in [-0.3, -0.25) is 4.99 Å². The van der Waals surface area contributed by atoms with Gasteiger partial charge in [-0.1, -0.05) is 12.1 Å². The van der Waals surface area contributed by atoms with Crippen molar-refractivity contribution >= 4 is 29.9 Å². The molecule has 0 aliphatic heterocycles. The largest absolute Gasteiger partial charge is 0.496 e. The van der Waals surface area contributed by atoms with Crippen LogP contribution < -0.4 is 15.4 Å². The molecule has 0 aliphatic rings. The molecule has 1 aromatic carbocycles. The van der Waals surface area contributed by atoms with Gasteiger partial charge in [-0.25, -0.2) is 0 Å². The number of nitrogens with zero attached hydrogens (tertiary/aromatic N) is 1. The molecule has 0 unspecified atom stereocenters. The first-order valence-corrected chi connectivity index (χ1v) is 6.48. The molecule has 1 aromatic rings. The molecule has 5 heteroatoms. The third-order valence-electron chi connectivity index (χ3n) is 2.64. The van der Waals surface area contributed by atoms with Crippen LogP contribution in [-0.2, 0) is 6.54 Å².